The average Bonchev–Trinajstić information content (AvgIpc) is 3.02. The van der Waals surface area contributed by atoms with Crippen LogP contribution in [-0.2, 0) is 0 Å². The van der Waals surface area contributed by atoms with E-state index in [0.717, 1.165) is 17.6 Å². The third-order valence-corrected chi connectivity index (χ3v) is 5.63. The summed E-state index contributed by atoms with van der Waals surface area (Å²) >= 11 is 0. The van der Waals surface area contributed by atoms with Gasteiger partial charge in [0.25, 0.3) is 0 Å². The van der Waals surface area contributed by atoms with Gasteiger partial charge in [0, 0.05) is 6.42 Å². The van der Waals surface area contributed by atoms with E-state index < -0.39 is 0 Å². The second kappa shape index (κ2) is 14.4. The molecule has 0 saturated heterocycles. The summed E-state index contributed by atoms with van der Waals surface area (Å²) in [6.45, 7) is 6.63. The van der Waals surface area contributed by atoms with E-state index >= 15 is 0 Å². The van der Waals surface area contributed by atoms with Gasteiger partial charge in [-0.3, -0.25) is 4.48 Å². The molecule has 0 amide bonds. The third kappa shape index (κ3) is 8.91. The summed E-state index contributed by atoms with van der Waals surface area (Å²) in [4.78, 5) is 0. The summed E-state index contributed by atoms with van der Waals surface area (Å²) in [5.74, 6) is 0. The lowest BCUT2D eigenvalue weighted by atomic mass is 10.1. The first-order valence-corrected chi connectivity index (χ1v) is 10.8. The number of nitrogens with one attached hydrogen (secondary N) is 1. The van der Waals surface area contributed by atoms with Gasteiger partial charge in [-0.05, 0) is 32.6 Å². The highest BCUT2D eigenvalue weighted by Gasteiger charge is 2.35. The second-order valence-corrected chi connectivity index (χ2v) is 7.53. The Kier molecular flexibility index (Phi) is 12.8. The molecular formula is C22H43N2O+. The Labute approximate surface area is 156 Å². The Morgan fingerprint density at radius 2 is 1.56 bits per heavy atom. The van der Waals surface area contributed by atoms with Gasteiger partial charge in [0.2, 0.25) is 0 Å². The molecule has 0 aliphatic carbocycles. The molecule has 2 atom stereocenters. The highest BCUT2D eigenvalue weighted by atomic mass is 16.3. The molecule has 0 spiro atoms. The summed E-state index contributed by atoms with van der Waals surface area (Å²) in [6, 6.07) is 0. The van der Waals surface area contributed by atoms with E-state index in [2.05, 4.69) is 43.7 Å². The first kappa shape index (κ1) is 22.2. The minimum atomic E-state index is 0.268. The van der Waals surface area contributed by atoms with Crippen molar-refractivity contribution in [3.05, 3.63) is 24.6 Å². The highest BCUT2D eigenvalue weighted by Crippen LogP contribution is 2.22. The minimum absolute atomic E-state index is 0.268. The number of hydrogen-bond acceptors (Lipinski definition) is 2. The first-order chi connectivity index (χ1) is 12.3. The van der Waals surface area contributed by atoms with Crippen molar-refractivity contribution in [1.29, 1.82) is 0 Å². The lowest BCUT2D eigenvalue weighted by Gasteiger charge is -2.36. The highest BCUT2D eigenvalue weighted by molar-refractivity contribution is 4.84. The number of likely N-dealkylation sites (N-methyl/N-ethyl adjacent to an activating group) is 1. The lowest BCUT2D eigenvalue weighted by molar-refractivity contribution is -0.900. The van der Waals surface area contributed by atoms with E-state index in [9.17, 15) is 5.11 Å². The van der Waals surface area contributed by atoms with E-state index in [-0.39, 0.29) is 6.61 Å². The summed E-state index contributed by atoms with van der Waals surface area (Å²) in [6.07, 6.45) is 25.5. The van der Waals surface area contributed by atoms with Crippen LogP contribution in [-0.4, -0.2) is 35.5 Å². The molecule has 0 aromatic rings. The maximum atomic E-state index is 9.34. The number of quaternary nitrogens is 1. The van der Waals surface area contributed by atoms with Crippen molar-refractivity contribution in [2.24, 2.45) is 0 Å². The maximum Gasteiger partial charge on any atom is 0.166 e. The fourth-order valence-electron chi connectivity index (χ4n) is 3.84. The Morgan fingerprint density at radius 3 is 2.20 bits per heavy atom. The predicted octanol–water partition coefficient (Wildman–Crippen LogP) is 5.47. The molecule has 3 heteroatoms. The number of unbranched alkanes of at least 4 members (excludes halogenated alkanes) is 9. The van der Waals surface area contributed by atoms with E-state index in [1.165, 1.54) is 77.0 Å². The Morgan fingerprint density at radius 1 is 0.920 bits per heavy atom. The van der Waals surface area contributed by atoms with Crippen LogP contribution in [0.3, 0.4) is 0 Å². The van der Waals surface area contributed by atoms with E-state index in [4.69, 9.17) is 0 Å². The molecule has 1 heterocycles. The van der Waals surface area contributed by atoms with Crippen molar-refractivity contribution in [1.82, 2.24) is 5.32 Å². The fourth-order valence-corrected chi connectivity index (χ4v) is 3.84. The summed E-state index contributed by atoms with van der Waals surface area (Å²) in [5, 5.41) is 12.8. The molecule has 0 aromatic carbocycles. The van der Waals surface area contributed by atoms with Gasteiger partial charge in [0.15, 0.2) is 6.17 Å². The molecule has 0 saturated carbocycles. The van der Waals surface area contributed by atoms with E-state index in [1.807, 2.05) is 0 Å². The van der Waals surface area contributed by atoms with Crippen LogP contribution in [0.1, 0.15) is 90.9 Å². The number of aliphatic hydroxyl groups is 1. The zero-order valence-electron chi connectivity index (χ0n) is 16.9. The van der Waals surface area contributed by atoms with Crippen molar-refractivity contribution < 1.29 is 9.59 Å². The summed E-state index contributed by atoms with van der Waals surface area (Å²) in [7, 11) is 0. The molecule has 3 nitrogen and oxygen atoms in total. The van der Waals surface area contributed by atoms with Gasteiger partial charge in [-0.15, -0.1) is 0 Å². The molecule has 0 radical (unpaired) electrons. The normalized spacial score (nSPS) is 22.8. The summed E-state index contributed by atoms with van der Waals surface area (Å²) < 4.78 is 0.905. The van der Waals surface area contributed by atoms with E-state index in [1.54, 1.807) is 0 Å². The van der Waals surface area contributed by atoms with Gasteiger partial charge >= 0.3 is 0 Å². The van der Waals surface area contributed by atoms with Gasteiger partial charge in [0.1, 0.15) is 12.7 Å². The first-order valence-electron chi connectivity index (χ1n) is 10.8. The Balaban J connectivity index is 1.96. The van der Waals surface area contributed by atoms with Gasteiger partial charge < -0.3 is 10.4 Å². The SMILES string of the molecule is CCCC/C=C/CCCCCCCCCC1NC=C[N+]1(CC)CCO. The van der Waals surface area contributed by atoms with Crippen LogP contribution in [0.15, 0.2) is 24.6 Å². The Hall–Kier alpha value is -0.800. The van der Waals surface area contributed by atoms with Crippen molar-refractivity contribution in [2.75, 3.05) is 19.7 Å². The standard InChI is InChI=1S/C22H43N2O/c1-3-5-6-7-8-9-10-11-12-13-14-15-16-17-22-23-18-19-24(22,4-2)20-21-25/h7-8,18-19,22-23,25H,3-6,9-17,20-21H2,1-2H3/q+1/b8-7+. The lowest BCUT2D eigenvalue weighted by Crippen LogP contribution is -2.54. The van der Waals surface area contributed by atoms with Crippen LogP contribution in [0.4, 0.5) is 0 Å². The van der Waals surface area contributed by atoms with Crippen LogP contribution in [0.5, 0.6) is 0 Å². The monoisotopic (exact) mass is 351 g/mol. The average molecular weight is 352 g/mol. The predicted molar refractivity (Wildman–Crippen MR) is 109 cm³/mol. The molecule has 1 aliphatic heterocycles. The van der Waals surface area contributed by atoms with Crippen molar-refractivity contribution >= 4 is 0 Å². The maximum absolute atomic E-state index is 9.34. The molecular weight excluding hydrogens is 308 g/mol. The Bertz CT molecular complexity index is 367. The van der Waals surface area contributed by atoms with Crippen LogP contribution < -0.4 is 5.32 Å². The molecule has 2 N–H and O–H groups in total. The zero-order chi connectivity index (χ0) is 18.2. The van der Waals surface area contributed by atoms with Crippen LogP contribution in [0.25, 0.3) is 0 Å². The van der Waals surface area contributed by atoms with Crippen molar-refractivity contribution in [3.8, 4) is 0 Å². The quantitative estimate of drug-likeness (QED) is 0.219. The van der Waals surface area contributed by atoms with E-state index in [0.29, 0.717) is 6.17 Å². The van der Waals surface area contributed by atoms with Gasteiger partial charge in [-0.1, -0.05) is 64.0 Å². The summed E-state index contributed by atoms with van der Waals surface area (Å²) in [5.41, 5.74) is 0. The molecule has 0 bridgehead atoms. The molecule has 146 valence electrons. The zero-order valence-corrected chi connectivity index (χ0v) is 16.9. The third-order valence-electron chi connectivity index (χ3n) is 5.63. The van der Waals surface area contributed by atoms with Gasteiger partial charge in [0.05, 0.1) is 19.4 Å². The van der Waals surface area contributed by atoms with Crippen LogP contribution >= 0.6 is 0 Å². The molecule has 1 rings (SSSR count). The number of hydrogen-bond donors (Lipinski definition) is 2. The number of allylic oxidation sites excluding steroid dienone is 2. The number of aliphatic hydroxyl groups excluding tert-OH is 1. The molecule has 0 aromatic heterocycles. The van der Waals surface area contributed by atoms with Crippen molar-refractivity contribution in [3.63, 3.8) is 0 Å². The second-order valence-electron chi connectivity index (χ2n) is 7.53. The van der Waals surface area contributed by atoms with Crippen molar-refractivity contribution in [2.45, 2.75) is 97.1 Å². The molecule has 1 aliphatic rings. The molecule has 25 heavy (non-hydrogen) atoms. The topological polar surface area (TPSA) is 32.3 Å². The fraction of sp³-hybridized carbons (Fsp3) is 0.818. The molecule has 2 unspecified atom stereocenters. The van der Waals surface area contributed by atoms with Crippen LogP contribution in [0, 0.1) is 0 Å². The number of nitrogens with zero attached hydrogens (tertiary/aromatic N) is 1. The smallest absolute Gasteiger partial charge is 0.166 e. The van der Waals surface area contributed by atoms with Gasteiger partial charge in [-0.2, -0.15) is 0 Å². The largest absolute Gasteiger partial charge is 0.390 e. The minimum Gasteiger partial charge on any atom is -0.390 e. The van der Waals surface area contributed by atoms with Gasteiger partial charge in [-0.25, -0.2) is 0 Å². The number of rotatable bonds is 16. The molecule has 0 fully saturated rings. The van der Waals surface area contributed by atoms with Crippen LogP contribution in [0.2, 0.25) is 0 Å².